The summed E-state index contributed by atoms with van der Waals surface area (Å²) in [5, 5.41) is 2.85. The first-order chi connectivity index (χ1) is 13.9. The second kappa shape index (κ2) is 10.4. The van der Waals surface area contributed by atoms with E-state index in [0.717, 1.165) is 24.1 Å². The highest BCUT2D eigenvalue weighted by Gasteiger charge is 2.25. The maximum Gasteiger partial charge on any atom is 0.241 e. The van der Waals surface area contributed by atoms with Crippen molar-refractivity contribution in [3.05, 3.63) is 52.9 Å². The van der Waals surface area contributed by atoms with Crippen LogP contribution in [0.5, 0.6) is 0 Å². The van der Waals surface area contributed by atoms with Crippen molar-refractivity contribution in [1.29, 1.82) is 0 Å². The number of ether oxygens (including phenoxy) is 1. The van der Waals surface area contributed by atoms with Gasteiger partial charge in [-0.15, -0.1) is 0 Å². The van der Waals surface area contributed by atoms with Gasteiger partial charge >= 0.3 is 0 Å². The predicted octanol–water partition coefficient (Wildman–Crippen LogP) is 1.90. The normalized spacial score (nSPS) is 16.4. The van der Waals surface area contributed by atoms with Crippen LogP contribution >= 0.6 is 15.9 Å². The minimum absolute atomic E-state index is 0.0631. The molecule has 2 N–H and O–H groups in total. The Labute approximate surface area is 178 Å². The van der Waals surface area contributed by atoms with Crippen molar-refractivity contribution in [1.82, 2.24) is 14.9 Å². The van der Waals surface area contributed by atoms with E-state index in [1.807, 2.05) is 0 Å². The molecule has 2 aromatic rings. The van der Waals surface area contributed by atoms with Crippen LogP contribution in [0, 0.1) is 0 Å². The highest BCUT2D eigenvalue weighted by atomic mass is 79.9. The molecule has 2 heterocycles. The molecular formula is C19H24BrN3O5S. The van der Waals surface area contributed by atoms with E-state index in [4.69, 9.17) is 9.15 Å². The van der Waals surface area contributed by atoms with Crippen molar-refractivity contribution in [2.75, 3.05) is 39.4 Å². The van der Waals surface area contributed by atoms with Gasteiger partial charge < -0.3 is 14.5 Å². The third-order valence-electron chi connectivity index (χ3n) is 4.55. The molecule has 0 aliphatic carbocycles. The molecule has 1 aromatic carbocycles. The van der Waals surface area contributed by atoms with Gasteiger partial charge in [-0.3, -0.25) is 9.69 Å². The lowest BCUT2D eigenvalue weighted by atomic mass is 10.1. The SMILES string of the molecule is O=C(CC(NS(=O)(=O)c1ccc(Br)cc1)c1ccco1)NCCN1CCOCC1. The fourth-order valence-electron chi connectivity index (χ4n) is 2.99. The number of furan rings is 1. The molecule has 8 nitrogen and oxygen atoms in total. The van der Waals surface area contributed by atoms with E-state index < -0.39 is 16.1 Å². The van der Waals surface area contributed by atoms with Gasteiger partial charge in [-0.05, 0) is 36.4 Å². The van der Waals surface area contributed by atoms with Gasteiger partial charge in [0.15, 0.2) is 0 Å². The maximum atomic E-state index is 12.7. The Morgan fingerprint density at radius 1 is 1.17 bits per heavy atom. The van der Waals surface area contributed by atoms with Gasteiger partial charge in [-0.2, -0.15) is 4.72 Å². The van der Waals surface area contributed by atoms with Crippen molar-refractivity contribution in [2.45, 2.75) is 17.4 Å². The number of hydrogen-bond acceptors (Lipinski definition) is 6. The van der Waals surface area contributed by atoms with Crippen molar-refractivity contribution < 1.29 is 22.4 Å². The lowest BCUT2D eigenvalue weighted by Gasteiger charge is -2.26. The number of morpholine rings is 1. The minimum atomic E-state index is -3.82. The highest BCUT2D eigenvalue weighted by molar-refractivity contribution is 9.10. The van der Waals surface area contributed by atoms with Crippen LogP contribution < -0.4 is 10.0 Å². The largest absolute Gasteiger partial charge is 0.468 e. The quantitative estimate of drug-likeness (QED) is 0.562. The van der Waals surface area contributed by atoms with Gasteiger partial charge in [-0.1, -0.05) is 15.9 Å². The molecule has 1 amide bonds. The molecule has 1 atom stereocenters. The smallest absolute Gasteiger partial charge is 0.241 e. The molecule has 0 saturated carbocycles. The van der Waals surface area contributed by atoms with Crippen LogP contribution in [0.4, 0.5) is 0 Å². The monoisotopic (exact) mass is 485 g/mol. The molecule has 0 spiro atoms. The number of benzene rings is 1. The van der Waals surface area contributed by atoms with E-state index in [-0.39, 0.29) is 17.2 Å². The summed E-state index contributed by atoms with van der Waals surface area (Å²) in [7, 11) is -3.82. The molecular weight excluding hydrogens is 462 g/mol. The van der Waals surface area contributed by atoms with Gasteiger partial charge in [0.05, 0.1) is 36.8 Å². The third-order valence-corrected chi connectivity index (χ3v) is 6.57. The second-order valence-electron chi connectivity index (χ2n) is 6.65. The molecule has 0 bridgehead atoms. The highest BCUT2D eigenvalue weighted by Crippen LogP contribution is 2.22. The summed E-state index contributed by atoms with van der Waals surface area (Å²) >= 11 is 3.29. The minimum Gasteiger partial charge on any atom is -0.468 e. The second-order valence-corrected chi connectivity index (χ2v) is 9.28. The number of nitrogens with zero attached hydrogens (tertiary/aromatic N) is 1. The van der Waals surface area contributed by atoms with Gasteiger partial charge in [0.25, 0.3) is 0 Å². The summed E-state index contributed by atoms with van der Waals surface area (Å²) in [6, 6.07) is 8.79. The summed E-state index contributed by atoms with van der Waals surface area (Å²) in [6.45, 7) is 4.31. The molecule has 0 radical (unpaired) electrons. The van der Waals surface area contributed by atoms with Crippen LogP contribution in [-0.2, 0) is 19.6 Å². The van der Waals surface area contributed by atoms with Crippen molar-refractivity contribution >= 4 is 31.9 Å². The summed E-state index contributed by atoms with van der Waals surface area (Å²) in [5.74, 6) is 0.132. The van der Waals surface area contributed by atoms with E-state index in [1.54, 1.807) is 24.3 Å². The first-order valence-corrected chi connectivity index (χ1v) is 11.6. The fraction of sp³-hybridized carbons (Fsp3) is 0.421. The standard InChI is InChI=1S/C19H24BrN3O5S/c20-15-3-5-16(6-4-15)29(25,26)22-17(18-2-1-11-28-18)14-19(24)21-7-8-23-9-12-27-13-10-23/h1-6,11,17,22H,7-10,12-14H2,(H,21,24). The molecule has 1 saturated heterocycles. The first-order valence-electron chi connectivity index (χ1n) is 9.32. The van der Waals surface area contributed by atoms with Crippen LogP contribution in [0.15, 0.2) is 56.4 Å². The average molecular weight is 486 g/mol. The van der Waals surface area contributed by atoms with E-state index in [0.29, 0.717) is 25.5 Å². The zero-order valence-corrected chi connectivity index (χ0v) is 18.2. The Bertz CT molecular complexity index is 881. The Morgan fingerprint density at radius 2 is 1.90 bits per heavy atom. The van der Waals surface area contributed by atoms with Crippen LogP contribution in [0.3, 0.4) is 0 Å². The summed E-state index contributed by atoms with van der Waals surface area (Å²) in [6.07, 6.45) is 1.39. The summed E-state index contributed by atoms with van der Waals surface area (Å²) in [4.78, 5) is 14.7. The zero-order valence-electron chi connectivity index (χ0n) is 15.8. The molecule has 1 aliphatic heterocycles. The maximum absolute atomic E-state index is 12.7. The van der Waals surface area contributed by atoms with Gasteiger partial charge in [-0.25, -0.2) is 8.42 Å². The summed E-state index contributed by atoms with van der Waals surface area (Å²) in [5.41, 5.74) is 0. The molecule has 3 rings (SSSR count). The number of carbonyl (C=O) groups is 1. The number of nitrogens with one attached hydrogen (secondary N) is 2. The Balaban J connectivity index is 1.60. The van der Waals surface area contributed by atoms with Crippen LogP contribution in [0.2, 0.25) is 0 Å². The average Bonchev–Trinajstić information content (AvgIpc) is 3.23. The Kier molecular flexibility index (Phi) is 7.84. The fourth-order valence-corrected chi connectivity index (χ4v) is 4.46. The molecule has 29 heavy (non-hydrogen) atoms. The predicted molar refractivity (Wildman–Crippen MR) is 111 cm³/mol. The van der Waals surface area contributed by atoms with Crippen molar-refractivity contribution in [2.24, 2.45) is 0 Å². The van der Waals surface area contributed by atoms with E-state index in [1.165, 1.54) is 18.4 Å². The third kappa shape index (κ3) is 6.65. The Hall–Kier alpha value is -1.72. The number of carbonyl (C=O) groups excluding carboxylic acids is 1. The molecule has 1 unspecified atom stereocenters. The number of sulfonamides is 1. The molecule has 1 aromatic heterocycles. The van der Waals surface area contributed by atoms with Crippen LogP contribution in [-0.4, -0.2) is 58.6 Å². The number of amides is 1. The zero-order chi connectivity index (χ0) is 20.7. The Morgan fingerprint density at radius 3 is 2.55 bits per heavy atom. The topological polar surface area (TPSA) is 101 Å². The first kappa shape index (κ1) is 22.0. The van der Waals surface area contributed by atoms with Gasteiger partial charge in [0.1, 0.15) is 5.76 Å². The molecule has 10 heteroatoms. The van der Waals surface area contributed by atoms with Crippen LogP contribution in [0.25, 0.3) is 0 Å². The molecule has 158 valence electrons. The lowest BCUT2D eigenvalue weighted by molar-refractivity contribution is -0.121. The van der Waals surface area contributed by atoms with Crippen molar-refractivity contribution in [3.63, 3.8) is 0 Å². The van der Waals surface area contributed by atoms with E-state index in [9.17, 15) is 13.2 Å². The van der Waals surface area contributed by atoms with Crippen molar-refractivity contribution in [3.8, 4) is 0 Å². The summed E-state index contributed by atoms with van der Waals surface area (Å²) < 4.78 is 39.5. The number of hydrogen-bond donors (Lipinski definition) is 2. The van der Waals surface area contributed by atoms with E-state index >= 15 is 0 Å². The van der Waals surface area contributed by atoms with Gasteiger partial charge in [0.2, 0.25) is 15.9 Å². The lowest BCUT2D eigenvalue weighted by Crippen LogP contribution is -2.42. The van der Waals surface area contributed by atoms with Gasteiger partial charge in [0, 0.05) is 30.7 Å². The number of rotatable bonds is 9. The van der Waals surface area contributed by atoms with Crippen LogP contribution in [0.1, 0.15) is 18.2 Å². The molecule has 1 aliphatic rings. The molecule has 1 fully saturated rings. The van der Waals surface area contributed by atoms with E-state index in [2.05, 4.69) is 30.9 Å². The number of halogens is 1.